The van der Waals surface area contributed by atoms with Crippen molar-refractivity contribution in [3.63, 3.8) is 0 Å². The lowest BCUT2D eigenvalue weighted by Crippen LogP contribution is -2.08. The number of hydrogen-bond donors (Lipinski definition) is 1. The first-order valence-electron chi connectivity index (χ1n) is 9.08. The number of ether oxygens (including phenoxy) is 2. The highest BCUT2D eigenvalue weighted by Gasteiger charge is 2.16. The second kappa shape index (κ2) is 9.88. The first-order chi connectivity index (χ1) is 13.3. The zero-order chi connectivity index (χ0) is 20.7. The normalized spacial score (nSPS) is 10.5. The van der Waals surface area contributed by atoms with E-state index in [2.05, 4.69) is 0 Å². The molecule has 28 heavy (non-hydrogen) atoms. The number of phenols is 1. The second-order valence-electron chi connectivity index (χ2n) is 6.49. The molecule has 0 heterocycles. The molecule has 0 aromatic heterocycles. The molecule has 0 atom stereocenters. The molecule has 6 heteroatoms. The fourth-order valence-corrected chi connectivity index (χ4v) is 2.72. The van der Waals surface area contributed by atoms with Gasteiger partial charge in [-0.1, -0.05) is 23.8 Å². The van der Waals surface area contributed by atoms with E-state index in [1.54, 1.807) is 25.1 Å². The molecule has 0 bridgehead atoms. The molecular weight excluding hydrogens is 366 g/mol. The van der Waals surface area contributed by atoms with Crippen LogP contribution >= 0.6 is 0 Å². The molecule has 1 N–H and O–H groups in total. The van der Waals surface area contributed by atoms with Crippen molar-refractivity contribution in [2.45, 2.75) is 33.6 Å². The predicted octanol–water partition coefficient (Wildman–Crippen LogP) is 5.48. The topological polar surface area (TPSA) is 55.8 Å². The summed E-state index contributed by atoms with van der Waals surface area (Å²) in [5.41, 5.74) is 2.22. The quantitative estimate of drug-likeness (QED) is 0.479. The van der Waals surface area contributed by atoms with Crippen LogP contribution < -0.4 is 4.74 Å². The minimum absolute atomic E-state index is 0.0128. The monoisotopic (exact) mass is 390 g/mol. The minimum atomic E-state index is -0.849. The van der Waals surface area contributed by atoms with Crippen LogP contribution in [-0.2, 0) is 9.53 Å². The van der Waals surface area contributed by atoms with Crippen molar-refractivity contribution in [3.8, 4) is 22.6 Å². The van der Waals surface area contributed by atoms with Gasteiger partial charge in [0, 0.05) is 12.0 Å². The SMILES string of the molecule is CCOC(=O)CCCOc1c(F)cc(-c2cccc(O)c2C=C(C)C)cc1F. The zero-order valence-electron chi connectivity index (χ0n) is 16.2. The van der Waals surface area contributed by atoms with Crippen molar-refractivity contribution in [3.05, 3.63) is 53.1 Å². The largest absolute Gasteiger partial charge is 0.507 e. The van der Waals surface area contributed by atoms with Crippen molar-refractivity contribution in [1.82, 2.24) is 0 Å². The lowest BCUT2D eigenvalue weighted by atomic mass is 9.97. The molecular formula is C22H24F2O4. The molecule has 0 saturated heterocycles. The predicted molar refractivity (Wildman–Crippen MR) is 104 cm³/mol. The van der Waals surface area contributed by atoms with Crippen LogP contribution in [-0.4, -0.2) is 24.3 Å². The second-order valence-corrected chi connectivity index (χ2v) is 6.49. The van der Waals surface area contributed by atoms with Crippen LogP contribution in [0.1, 0.15) is 39.2 Å². The third-order valence-corrected chi connectivity index (χ3v) is 3.90. The minimum Gasteiger partial charge on any atom is -0.507 e. The van der Waals surface area contributed by atoms with Crippen LogP contribution in [0.4, 0.5) is 8.78 Å². The Bertz CT molecular complexity index is 848. The van der Waals surface area contributed by atoms with Gasteiger partial charge < -0.3 is 14.6 Å². The number of phenolic OH excluding ortho intramolecular Hbond substituents is 1. The van der Waals surface area contributed by atoms with Crippen molar-refractivity contribution in [2.75, 3.05) is 13.2 Å². The highest BCUT2D eigenvalue weighted by Crippen LogP contribution is 2.35. The standard InChI is InChI=1S/C22H24F2O4/c1-4-27-21(26)9-6-10-28-22-18(23)12-15(13-19(22)24)16-7-5-8-20(25)17(16)11-14(2)3/h5,7-8,11-13,25H,4,6,9-10H2,1-3H3. The molecule has 2 aromatic rings. The maximum atomic E-state index is 14.5. The number of allylic oxidation sites excluding steroid dienone is 1. The highest BCUT2D eigenvalue weighted by atomic mass is 19.1. The number of rotatable bonds is 8. The van der Waals surface area contributed by atoms with Crippen molar-refractivity contribution in [2.24, 2.45) is 0 Å². The Balaban J connectivity index is 2.22. The molecule has 0 radical (unpaired) electrons. The average Bonchev–Trinajstić information content (AvgIpc) is 2.62. The third-order valence-electron chi connectivity index (χ3n) is 3.90. The van der Waals surface area contributed by atoms with Gasteiger partial charge in [0.25, 0.3) is 0 Å². The fraction of sp³-hybridized carbons (Fsp3) is 0.318. The molecule has 0 amide bonds. The number of esters is 1. The van der Waals surface area contributed by atoms with E-state index in [4.69, 9.17) is 9.47 Å². The van der Waals surface area contributed by atoms with Gasteiger partial charge in [-0.15, -0.1) is 0 Å². The molecule has 4 nitrogen and oxygen atoms in total. The smallest absolute Gasteiger partial charge is 0.305 e. The summed E-state index contributed by atoms with van der Waals surface area (Å²) in [5, 5.41) is 10.1. The molecule has 0 aliphatic rings. The number of carbonyl (C=O) groups is 1. The Hall–Kier alpha value is -2.89. The van der Waals surface area contributed by atoms with Gasteiger partial charge in [0.15, 0.2) is 17.4 Å². The number of hydrogen-bond acceptors (Lipinski definition) is 4. The fourth-order valence-electron chi connectivity index (χ4n) is 2.72. The van der Waals surface area contributed by atoms with Gasteiger partial charge in [-0.25, -0.2) is 8.78 Å². The van der Waals surface area contributed by atoms with Gasteiger partial charge in [-0.2, -0.15) is 0 Å². The van der Waals surface area contributed by atoms with E-state index < -0.39 is 17.4 Å². The summed E-state index contributed by atoms with van der Waals surface area (Å²) >= 11 is 0. The first kappa shape index (κ1) is 21.4. The summed E-state index contributed by atoms with van der Waals surface area (Å²) in [4.78, 5) is 11.3. The number of benzene rings is 2. The number of halogens is 2. The van der Waals surface area contributed by atoms with Gasteiger partial charge in [0.2, 0.25) is 0 Å². The van der Waals surface area contributed by atoms with Crippen LogP contribution in [0.3, 0.4) is 0 Å². The summed E-state index contributed by atoms with van der Waals surface area (Å²) < 4.78 is 38.9. The molecule has 0 spiro atoms. The molecule has 0 saturated carbocycles. The van der Waals surface area contributed by atoms with Crippen LogP contribution in [0.15, 0.2) is 35.9 Å². The van der Waals surface area contributed by atoms with E-state index in [-0.39, 0.29) is 43.3 Å². The molecule has 0 aliphatic carbocycles. The van der Waals surface area contributed by atoms with E-state index in [0.29, 0.717) is 11.1 Å². The van der Waals surface area contributed by atoms with E-state index in [1.165, 1.54) is 18.2 Å². The average molecular weight is 390 g/mol. The molecule has 2 aromatic carbocycles. The van der Waals surface area contributed by atoms with Gasteiger partial charge in [0.05, 0.1) is 13.2 Å². The van der Waals surface area contributed by atoms with Gasteiger partial charge in [-0.3, -0.25) is 4.79 Å². The first-order valence-corrected chi connectivity index (χ1v) is 9.08. The maximum absolute atomic E-state index is 14.5. The third kappa shape index (κ3) is 5.55. The van der Waals surface area contributed by atoms with Crippen LogP contribution in [0.5, 0.6) is 11.5 Å². The van der Waals surface area contributed by atoms with Crippen molar-refractivity contribution < 1.29 is 28.2 Å². The lowest BCUT2D eigenvalue weighted by molar-refractivity contribution is -0.143. The lowest BCUT2D eigenvalue weighted by Gasteiger charge is -2.13. The van der Waals surface area contributed by atoms with Crippen molar-refractivity contribution >= 4 is 12.0 Å². The van der Waals surface area contributed by atoms with E-state index in [1.807, 2.05) is 13.8 Å². The Kier molecular flexibility index (Phi) is 7.55. The Morgan fingerprint density at radius 1 is 1.18 bits per heavy atom. The van der Waals surface area contributed by atoms with Crippen LogP contribution in [0, 0.1) is 11.6 Å². The molecule has 0 fully saturated rings. The zero-order valence-corrected chi connectivity index (χ0v) is 16.2. The Morgan fingerprint density at radius 2 is 1.86 bits per heavy atom. The number of aromatic hydroxyl groups is 1. The molecule has 0 unspecified atom stereocenters. The van der Waals surface area contributed by atoms with Crippen LogP contribution in [0.2, 0.25) is 0 Å². The summed E-state index contributed by atoms with van der Waals surface area (Å²) in [6, 6.07) is 7.15. The van der Waals surface area contributed by atoms with E-state index in [0.717, 1.165) is 5.57 Å². The maximum Gasteiger partial charge on any atom is 0.305 e. The number of carbonyl (C=O) groups excluding carboxylic acids is 1. The van der Waals surface area contributed by atoms with Gasteiger partial charge >= 0.3 is 5.97 Å². The summed E-state index contributed by atoms with van der Waals surface area (Å²) in [6.45, 7) is 5.71. The van der Waals surface area contributed by atoms with E-state index >= 15 is 0 Å². The highest BCUT2D eigenvalue weighted by molar-refractivity contribution is 5.79. The Labute approximate surface area is 163 Å². The molecule has 2 rings (SSSR count). The van der Waals surface area contributed by atoms with Gasteiger partial charge in [-0.05, 0) is 56.5 Å². The van der Waals surface area contributed by atoms with Crippen LogP contribution in [0.25, 0.3) is 17.2 Å². The van der Waals surface area contributed by atoms with E-state index in [9.17, 15) is 18.7 Å². The Morgan fingerprint density at radius 3 is 2.46 bits per heavy atom. The summed E-state index contributed by atoms with van der Waals surface area (Å²) in [5.74, 6) is -2.54. The molecule has 0 aliphatic heterocycles. The molecule has 150 valence electrons. The summed E-state index contributed by atoms with van der Waals surface area (Å²) in [7, 11) is 0. The van der Waals surface area contributed by atoms with Gasteiger partial charge in [0.1, 0.15) is 5.75 Å². The summed E-state index contributed by atoms with van der Waals surface area (Å²) in [6.07, 6.45) is 2.15. The van der Waals surface area contributed by atoms with Crippen molar-refractivity contribution in [1.29, 1.82) is 0 Å².